The van der Waals surface area contributed by atoms with Gasteiger partial charge in [-0.1, -0.05) is 5.16 Å². The molecule has 0 spiro atoms. The van der Waals surface area contributed by atoms with Gasteiger partial charge in [0, 0.05) is 23.7 Å². The maximum atomic E-state index is 9.58. The summed E-state index contributed by atoms with van der Waals surface area (Å²) in [6.45, 7) is 4.43. The Balaban J connectivity index is 1.91. The van der Waals surface area contributed by atoms with Gasteiger partial charge in [-0.2, -0.15) is 0 Å². The highest BCUT2D eigenvalue weighted by atomic mass is 32.2. The molecule has 132 valence electrons. The van der Waals surface area contributed by atoms with Crippen molar-refractivity contribution >= 4 is 17.6 Å². The highest BCUT2D eigenvalue weighted by Crippen LogP contribution is 2.27. The molecule has 1 aliphatic heterocycles. The fraction of sp³-hybridized carbons (Fsp3) is 0.333. The molecular formula is C18H21N3O3S. The van der Waals surface area contributed by atoms with Crippen molar-refractivity contribution < 1.29 is 14.7 Å². The fourth-order valence-electron chi connectivity index (χ4n) is 2.60. The fourth-order valence-corrected chi connectivity index (χ4v) is 3.01. The van der Waals surface area contributed by atoms with E-state index >= 15 is 0 Å². The van der Waals surface area contributed by atoms with Gasteiger partial charge in [-0.3, -0.25) is 0 Å². The third-order valence-electron chi connectivity index (χ3n) is 3.92. The molecule has 1 saturated heterocycles. The lowest BCUT2D eigenvalue weighted by molar-refractivity contribution is 0.0667. The number of amidine groups is 1. The van der Waals surface area contributed by atoms with E-state index in [1.165, 1.54) is 0 Å². The van der Waals surface area contributed by atoms with Crippen LogP contribution in [0.2, 0.25) is 0 Å². The number of pyridine rings is 1. The average Bonchev–Trinajstić information content (AvgIpc) is 2.65. The first kappa shape index (κ1) is 17.6. The molecule has 2 heterocycles. The van der Waals surface area contributed by atoms with E-state index in [4.69, 9.17) is 9.47 Å². The first-order chi connectivity index (χ1) is 12.2. The summed E-state index contributed by atoms with van der Waals surface area (Å²) in [5, 5.41) is 13.1. The van der Waals surface area contributed by atoms with E-state index < -0.39 is 0 Å². The van der Waals surface area contributed by atoms with Crippen molar-refractivity contribution in [3.8, 4) is 11.6 Å². The zero-order valence-corrected chi connectivity index (χ0v) is 15.1. The van der Waals surface area contributed by atoms with Gasteiger partial charge in [-0.15, -0.1) is 11.8 Å². The van der Waals surface area contributed by atoms with Crippen molar-refractivity contribution in [2.45, 2.75) is 11.8 Å². The second kappa shape index (κ2) is 8.22. The number of oxime groups is 1. The number of aryl methyl sites for hydroxylation is 1. The predicted molar refractivity (Wildman–Crippen MR) is 98.0 cm³/mol. The molecule has 6 nitrogen and oxygen atoms in total. The SMILES string of the molecule is CSc1ccc(Oc2nc(C)ccc2/C(=N/O)N2CCOCC2)cc1. The van der Waals surface area contributed by atoms with Crippen molar-refractivity contribution in [2.75, 3.05) is 32.6 Å². The predicted octanol–water partition coefficient (Wildman–Crippen LogP) is 3.37. The molecular weight excluding hydrogens is 338 g/mol. The second-order valence-electron chi connectivity index (χ2n) is 5.61. The Bertz CT molecular complexity index is 744. The summed E-state index contributed by atoms with van der Waals surface area (Å²) in [4.78, 5) is 7.63. The molecule has 1 aromatic heterocycles. The van der Waals surface area contributed by atoms with Crippen LogP contribution in [-0.4, -0.2) is 53.5 Å². The summed E-state index contributed by atoms with van der Waals surface area (Å²) >= 11 is 1.67. The highest BCUT2D eigenvalue weighted by molar-refractivity contribution is 7.98. The number of morpholine rings is 1. The summed E-state index contributed by atoms with van der Waals surface area (Å²) in [5.41, 5.74) is 1.49. The standard InChI is InChI=1S/C18H21N3O3S/c1-13-3-8-16(17(20-22)21-9-11-23-12-10-21)18(19-13)24-14-4-6-15(25-2)7-5-14/h3-8,22H,9-12H2,1-2H3/b20-17-. The van der Waals surface area contributed by atoms with Crippen molar-refractivity contribution in [3.05, 3.63) is 47.7 Å². The average molecular weight is 359 g/mol. The lowest BCUT2D eigenvalue weighted by Gasteiger charge is -2.29. The van der Waals surface area contributed by atoms with Crippen molar-refractivity contribution in [2.24, 2.45) is 5.16 Å². The van der Waals surface area contributed by atoms with Crippen molar-refractivity contribution in [1.82, 2.24) is 9.88 Å². The number of aromatic nitrogens is 1. The normalized spacial score (nSPS) is 15.3. The number of ether oxygens (including phenoxy) is 2. The van der Waals surface area contributed by atoms with Gasteiger partial charge in [0.2, 0.25) is 5.88 Å². The Labute approximate surface area is 151 Å². The molecule has 2 aromatic rings. The molecule has 0 saturated carbocycles. The Morgan fingerprint density at radius 2 is 1.92 bits per heavy atom. The maximum absolute atomic E-state index is 9.58. The molecule has 0 unspecified atom stereocenters. The molecule has 0 aliphatic carbocycles. The van der Waals surface area contributed by atoms with E-state index in [1.807, 2.05) is 54.5 Å². The molecule has 1 N–H and O–H groups in total. The van der Waals surface area contributed by atoms with Crippen LogP contribution < -0.4 is 4.74 Å². The molecule has 3 rings (SSSR count). The molecule has 7 heteroatoms. The largest absolute Gasteiger partial charge is 0.438 e. The minimum atomic E-state index is 0.427. The third kappa shape index (κ3) is 4.24. The van der Waals surface area contributed by atoms with E-state index in [9.17, 15) is 5.21 Å². The van der Waals surface area contributed by atoms with Crippen LogP contribution in [0.3, 0.4) is 0 Å². The minimum absolute atomic E-state index is 0.427. The summed E-state index contributed by atoms with van der Waals surface area (Å²) in [6.07, 6.45) is 2.03. The highest BCUT2D eigenvalue weighted by Gasteiger charge is 2.22. The number of hydrogen-bond acceptors (Lipinski definition) is 6. The van der Waals surface area contributed by atoms with E-state index in [2.05, 4.69) is 10.1 Å². The quantitative estimate of drug-likeness (QED) is 0.297. The van der Waals surface area contributed by atoms with E-state index in [1.54, 1.807) is 11.8 Å². The Morgan fingerprint density at radius 3 is 2.56 bits per heavy atom. The van der Waals surface area contributed by atoms with Gasteiger partial charge in [0.15, 0.2) is 5.84 Å². The van der Waals surface area contributed by atoms with Gasteiger partial charge in [-0.25, -0.2) is 4.98 Å². The topological polar surface area (TPSA) is 67.2 Å². The molecule has 0 radical (unpaired) electrons. The van der Waals surface area contributed by atoms with Crippen LogP contribution >= 0.6 is 11.8 Å². The zero-order chi connectivity index (χ0) is 17.6. The Kier molecular flexibility index (Phi) is 5.78. The summed E-state index contributed by atoms with van der Waals surface area (Å²) < 4.78 is 11.4. The van der Waals surface area contributed by atoms with E-state index in [0.717, 1.165) is 10.6 Å². The smallest absolute Gasteiger partial charge is 0.230 e. The molecule has 1 aliphatic rings. The summed E-state index contributed by atoms with van der Waals surface area (Å²) in [5.74, 6) is 1.57. The molecule has 0 atom stereocenters. The lowest BCUT2D eigenvalue weighted by Crippen LogP contribution is -2.41. The van der Waals surface area contributed by atoms with Crippen LogP contribution in [0.5, 0.6) is 11.6 Å². The monoisotopic (exact) mass is 359 g/mol. The van der Waals surface area contributed by atoms with E-state index in [-0.39, 0.29) is 0 Å². The second-order valence-corrected chi connectivity index (χ2v) is 6.49. The molecule has 1 fully saturated rings. The van der Waals surface area contributed by atoms with Gasteiger partial charge in [0.05, 0.1) is 18.8 Å². The van der Waals surface area contributed by atoms with Gasteiger partial charge in [-0.05, 0) is 49.6 Å². The number of rotatable bonds is 4. The van der Waals surface area contributed by atoms with Crippen molar-refractivity contribution in [3.63, 3.8) is 0 Å². The van der Waals surface area contributed by atoms with Crippen LogP contribution in [0.15, 0.2) is 46.4 Å². The first-order valence-electron chi connectivity index (χ1n) is 8.06. The van der Waals surface area contributed by atoms with Crippen LogP contribution in [0, 0.1) is 6.92 Å². The van der Waals surface area contributed by atoms with Crippen LogP contribution in [0.1, 0.15) is 11.3 Å². The maximum Gasteiger partial charge on any atom is 0.230 e. The summed E-state index contributed by atoms with van der Waals surface area (Å²) in [6, 6.07) is 11.6. The lowest BCUT2D eigenvalue weighted by atomic mass is 10.2. The van der Waals surface area contributed by atoms with Crippen LogP contribution in [0.4, 0.5) is 0 Å². The van der Waals surface area contributed by atoms with Crippen molar-refractivity contribution in [1.29, 1.82) is 0 Å². The van der Waals surface area contributed by atoms with Gasteiger partial charge >= 0.3 is 0 Å². The van der Waals surface area contributed by atoms with Gasteiger partial charge in [0.25, 0.3) is 0 Å². The molecule has 0 amide bonds. The number of thioether (sulfide) groups is 1. The molecule has 25 heavy (non-hydrogen) atoms. The van der Waals surface area contributed by atoms with Gasteiger partial charge < -0.3 is 19.6 Å². The first-order valence-corrected chi connectivity index (χ1v) is 9.28. The van der Waals surface area contributed by atoms with Crippen LogP contribution in [0.25, 0.3) is 0 Å². The number of benzene rings is 1. The Morgan fingerprint density at radius 1 is 1.20 bits per heavy atom. The zero-order valence-electron chi connectivity index (χ0n) is 14.3. The Hall–Kier alpha value is -2.25. The molecule has 0 bridgehead atoms. The van der Waals surface area contributed by atoms with Gasteiger partial charge in [0.1, 0.15) is 5.75 Å². The molecule has 1 aromatic carbocycles. The summed E-state index contributed by atoms with van der Waals surface area (Å²) in [7, 11) is 0. The number of nitrogens with zero attached hydrogens (tertiary/aromatic N) is 3. The van der Waals surface area contributed by atoms with Crippen LogP contribution in [-0.2, 0) is 4.74 Å². The number of hydrogen-bond donors (Lipinski definition) is 1. The minimum Gasteiger partial charge on any atom is -0.438 e. The third-order valence-corrected chi connectivity index (χ3v) is 4.66. The van der Waals surface area contributed by atoms with E-state index in [0.29, 0.717) is 49.3 Å².